The second-order valence-corrected chi connectivity index (χ2v) is 3.16. The SMILES string of the molecule is NC(N)=[NH+]CCCC[NH2+]CCC[NH3+]. The first-order valence-corrected chi connectivity index (χ1v) is 5.00. The van der Waals surface area contributed by atoms with Crippen molar-refractivity contribution in [1.82, 2.24) is 0 Å². The summed E-state index contributed by atoms with van der Waals surface area (Å²) in [5, 5.41) is 2.33. The first kappa shape index (κ1) is 12.2. The summed E-state index contributed by atoms with van der Waals surface area (Å²) in [6.07, 6.45) is 3.54. The zero-order valence-electron chi connectivity index (χ0n) is 8.39. The van der Waals surface area contributed by atoms with E-state index in [1.165, 1.54) is 25.9 Å². The largest absolute Gasteiger partial charge is 0.357 e. The van der Waals surface area contributed by atoms with Crippen LogP contribution >= 0.6 is 0 Å². The minimum absolute atomic E-state index is 0.320. The van der Waals surface area contributed by atoms with E-state index in [-0.39, 0.29) is 0 Å². The van der Waals surface area contributed by atoms with Gasteiger partial charge in [-0.1, -0.05) is 0 Å². The Bertz CT molecular complexity index is 130. The molecule has 0 unspecified atom stereocenters. The molecule has 0 saturated carbocycles. The van der Waals surface area contributed by atoms with Crippen molar-refractivity contribution < 1.29 is 16.0 Å². The number of guanidine groups is 1. The molecule has 0 aliphatic rings. The van der Waals surface area contributed by atoms with Gasteiger partial charge in [-0.05, 0) is 12.8 Å². The number of nitrogens with two attached hydrogens (primary N) is 3. The summed E-state index contributed by atoms with van der Waals surface area (Å²) in [5.41, 5.74) is 14.3. The number of nitrogens with one attached hydrogen (secondary N) is 1. The highest BCUT2D eigenvalue weighted by molar-refractivity contribution is 5.69. The van der Waals surface area contributed by atoms with E-state index in [0.717, 1.165) is 19.5 Å². The molecule has 78 valence electrons. The van der Waals surface area contributed by atoms with Gasteiger partial charge in [0.25, 0.3) is 0 Å². The van der Waals surface area contributed by atoms with Crippen molar-refractivity contribution in [2.24, 2.45) is 11.5 Å². The van der Waals surface area contributed by atoms with Crippen LogP contribution in [0, 0.1) is 0 Å². The van der Waals surface area contributed by atoms with Crippen LogP contribution < -0.4 is 27.5 Å². The highest BCUT2D eigenvalue weighted by atomic mass is 15.0. The Kier molecular flexibility index (Phi) is 8.70. The van der Waals surface area contributed by atoms with Crippen LogP contribution in [0.3, 0.4) is 0 Å². The molecule has 0 atom stereocenters. The van der Waals surface area contributed by atoms with Crippen LogP contribution in [0.2, 0.25) is 0 Å². The molecule has 10 N–H and O–H groups in total. The lowest BCUT2D eigenvalue weighted by atomic mass is 10.3. The van der Waals surface area contributed by atoms with Crippen molar-refractivity contribution in [3.63, 3.8) is 0 Å². The molecular weight excluding hydrogens is 166 g/mol. The number of hydrogen-bond donors (Lipinski definition) is 5. The Morgan fingerprint density at radius 2 is 1.85 bits per heavy atom. The third-order valence-electron chi connectivity index (χ3n) is 1.82. The van der Waals surface area contributed by atoms with E-state index in [1.54, 1.807) is 0 Å². The van der Waals surface area contributed by atoms with E-state index < -0.39 is 0 Å². The molecule has 0 amide bonds. The van der Waals surface area contributed by atoms with E-state index in [1.807, 2.05) is 0 Å². The van der Waals surface area contributed by atoms with Gasteiger partial charge >= 0.3 is 5.96 Å². The molecule has 0 aromatic rings. The standard InChI is InChI=1S/C8H21N5/c9-4-3-6-12-5-1-2-7-13-8(10)11/h12H,1-7,9H2,(H4,10,11,13)/p+3. The van der Waals surface area contributed by atoms with Crippen molar-refractivity contribution in [2.75, 3.05) is 26.2 Å². The van der Waals surface area contributed by atoms with E-state index >= 15 is 0 Å². The van der Waals surface area contributed by atoms with Crippen LogP contribution in [-0.4, -0.2) is 32.1 Å². The normalized spacial score (nSPS) is 9.92. The Labute approximate surface area is 79.8 Å². The molecule has 0 saturated heterocycles. The summed E-state index contributed by atoms with van der Waals surface area (Å²) in [4.78, 5) is 2.90. The fourth-order valence-corrected chi connectivity index (χ4v) is 1.08. The molecule has 0 rings (SSSR count). The quantitative estimate of drug-likeness (QED) is 0.151. The second-order valence-electron chi connectivity index (χ2n) is 3.16. The maximum atomic E-state index is 5.24. The maximum Gasteiger partial charge on any atom is 0.338 e. The first-order chi connectivity index (χ1) is 6.27. The molecule has 0 fully saturated rings. The highest BCUT2D eigenvalue weighted by Crippen LogP contribution is 1.76. The minimum Gasteiger partial charge on any atom is -0.357 e. The van der Waals surface area contributed by atoms with Crippen LogP contribution in [0.5, 0.6) is 0 Å². The number of unbranched alkanes of at least 4 members (excludes halogenated alkanes) is 1. The molecule has 0 spiro atoms. The zero-order valence-corrected chi connectivity index (χ0v) is 8.39. The van der Waals surface area contributed by atoms with Gasteiger partial charge in [-0.25, -0.2) is 0 Å². The van der Waals surface area contributed by atoms with E-state index in [4.69, 9.17) is 11.5 Å². The molecule has 13 heavy (non-hydrogen) atoms. The summed E-state index contributed by atoms with van der Waals surface area (Å²) < 4.78 is 0. The van der Waals surface area contributed by atoms with Crippen LogP contribution in [0.15, 0.2) is 0 Å². The molecule has 0 radical (unpaired) electrons. The fourth-order valence-electron chi connectivity index (χ4n) is 1.08. The van der Waals surface area contributed by atoms with Gasteiger partial charge in [0.15, 0.2) is 0 Å². The average molecular weight is 190 g/mol. The Morgan fingerprint density at radius 3 is 2.46 bits per heavy atom. The lowest BCUT2D eigenvalue weighted by molar-refractivity contribution is -0.657. The van der Waals surface area contributed by atoms with Crippen molar-refractivity contribution in [2.45, 2.75) is 19.3 Å². The lowest BCUT2D eigenvalue weighted by Gasteiger charge is -1.98. The zero-order chi connectivity index (χ0) is 9.94. The number of hydrogen-bond acceptors (Lipinski definition) is 0. The van der Waals surface area contributed by atoms with Crippen LogP contribution in [-0.2, 0) is 0 Å². The van der Waals surface area contributed by atoms with E-state index in [9.17, 15) is 0 Å². The van der Waals surface area contributed by atoms with Crippen molar-refractivity contribution >= 4 is 5.96 Å². The Hall–Kier alpha value is -0.810. The maximum absolute atomic E-state index is 5.24. The predicted octanol–water partition coefficient (Wildman–Crippen LogP) is -4.68. The minimum atomic E-state index is 0.320. The fraction of sp³-hybridized carbons (Fsp3) is 0.875. The number of rotatable bonds is 8. The molecular formula is C8H24N5+3. The average Bonchev–Trinajstić information content (AvgIpc) is 2.09. The molecule has 0 bridgehead atoms. The summed E-state index contributed by atoms with van der Waals surface area (Å²) >= 11 is 0. The van der Waals surface area contributed by atoms with Gasteiger partial charge in [-0.3, -0.25) is 16.5 Å². The van der Waals surface area contributed by atoms with Gasteiger partial charge in [0, 0.05) is 6.42 Å². The Balaban J connectivity index is 2.96. The van der Waals surface area contributed by atoms with Crippen LogP contribution in [0.25, 0.3) is 0 Å². The second kappa shape index (κ2) is 9.28. The Morgan fingerprint density at radius 1 is 1.15 bits per heavy atom. The molecule has 0 aromatic carbocycles. The third kappa shape index (κ3) is 11.2. The highest BCUT2D eigenvalue weighted by Gasteiger charge is 1.92. The summed E-state index contributed by atoms with van der Waals surface area (Å²) in [6, 6.07) is 0. The third-order valence-corrected chi connectivity index (χ3v) is 1.82. The molecule has 0 aliphatic carbocycles. The molecule has 0 aromatic heterocycles. The number of quaternary nitrogens is 2. The lowest BCUT2D eigenvalue weighted by Crippen LogP contribution is -2.85. The van der Waals surface area contributed by atoms with Gasteiger partial charge in [0.1, 0.15) is 0 Å². The van der Waals surface area contributed by atoms with E-state index in [0.29, 0.717) is 5.96 Å². The van der Waals surface area contributed by atoms with Gasteiger partial charge in [0.2, 0.25) is 0 Å². The molecule has 5 heteroatoms. The van der Waals surface area contributed by atoms with Gasteiger partial charge in [-0.2, -0.15) is 0 Å². The summed E-state index contributed by atoms with van der Waals surface area (Å²) in [7, 11) is 0. The van der Waals surface area contributed by atoms with Gasteiger partial charge < -0.3 is 11.1 Å². The topological polar surface area (TPSA) is 110 Å². The van der Waals surface area contributed by atoms with Crippen molar-refractivity contribution in [3.05, 3.63) is 0 Å². The van der Waals surface area contributed by atoms with Crippen LogP contribution in [0.1, 0.15) is 19.3 Å². The predicted molar refractivity (Wildman–Crippen MR) is 52.5 cm³/mol. The monoisotopic (exact) mass is 190 g/mol. The van der Waals surface area contributed by atoms with Crippen molar-refractivity contribution in [1.29, 1.82) is 0 Å². The van der Waals surface area contributed by atoms with E-state index in [2.05, 4.69) is 16.0 Å². The molecule has 0 aliphatic heterocycles. The summed E-state index contributed by atoms with van der Waals surface area (Å²) in [5.74, 6) is 0.320. The van der Waals surface area contributed by atoms with Crippen LogP contribution in [0.4, 0.5) is 0 Å². The summed E-state index contributed by atoms with van der Waals surface area (Å²) in [6.45, 7) is 4.30. The van der Waals surface area contributed by atoms with Gasteiger partial charge in [-0.15, -0.1) is 0 Å². The molecule has 5 nitrogen and oxygen atoms in total. The van der Waals surface area contributed by atoms with Gasteiger partial charge in [0.05, 0.1) is 26.2 Å². The molecule has 0 heterocycles. The smallest absolute Gasteiger partial charge is 0.338 e. The van der Waals surface area contributed by atoms with Crippen molar-refractivity contribution in [3.8, 4) is 0 Å². The first-order valence-electron chi connectivity index (χ1n) is 5.00.